The van der Waals surface area contributed by atoms with E-state index in [1.165, 1.54) is 38.5 Å². The molecule has 2 aromatic carbocycles. The van der Waals surface area contributed by atoms with Gasteiger partial charge in [0.15, 0.2) is 17.1 Å². The Kier molecular flexibility index (Phi) is 4.36. The molecule has 0 aliphatic rings. The van der Waals surface area contributed by atoms with Crippen LogP contribution in [-0.2, 0) is 10.0 Å². The van der Waals surface area contributed by atoms with Crippen LogP contribution in [0.2, 0.25) is 5.02 Å². The highest BCUT2D eigenvalue weighted by Crippen LogP contribution is 2.32. The predicted molar refractivity (Wildman–Crippen MR) is 92.2 cm³/mol. The quantitative estimate of drug-likeness (QED) is 0.699. The van der Waals surface area contributed by atoms with Crippen LogP contribution in [0.15, 0.2) is 44.4 Å². The van der Waals surface area contributed by atoms with Gasteiger partial charge in [0.05, 0.1) is 30.4 Å². The molecule has 0 aliphatic carbocycles. The Hall–Kier alpha value is -2.65. The van der Waals surface area contributed by atoms with Crippen LogP contribution >= 0.6 is 11.6 Å². The van der Waals surface area contributed by atoms with Crippen LogP contribution in [0.5, 0.6) is 11.5 Å². The summed E-state index contributed by atoms with van der Waals surface area (Å²) in [5.74, 6) is 0.119. The van der Waals surface area contributed by atoms with Gasteiger partial charge in [0.1, 0.15) is 4.90 Å². The molecule has 0 saturated heterocycles. The second kappa shape index (κ2) is 6.34. The number of hydrogen-bond donors (Lipinski definition) is 2. The van der Waals surface area contributed by atoms with Crippen molar-refractivity contribution >= 4 is 38.4 Å². The fraction of sp³-hybridized carbons (Fsp3) is 0.133. The van der Waals surface area contributed by atoms with Gasteiger partial charge in [-0.1, -0.05) is 11.6 Å². The summed E-state index contributed by atoms with van der Waals surface area (Å²) in [6.45, 7) is 0. The number of halogens is 1. The van der Waals surface area contributed by atoms with Crippen molar-refractivity contribution in [1.82, 2.24) is 4.98 Å². The summed E-state index contributed by atoms with van der Waals surface area (Å²) in [7, 11) is -1.11. The zero-order chi connectivity index (χ0) is 18.2. The summed E-state index contributed by atoms with van der Waals surface area (Å²) in [6.07, 6.45) is 0. The lowest BCUT2D eigenvalue weighted by Gasteiger charge is -2.12. The van der Waals surface area contributed by atoms with Gasteiger partial charge in [-0.05, 0) is 18.2 Å². The molecule has 2 N–H and O–H groups in total. The van der Waals surface area contributed by atoms with Gasteiger partial charge in [-0.15, -0.1) is 0 Å². The highest BCUT2D eigenvalue weighted by Gasteiger charge is 2.21. The molecule has 8 nitrogen and oxygen atoms in total. The van der Waals surface area contributed by atoms with Crippen molar-refractivity contribution in [3.63, 3.8) is 0 Å². The third-order valence-corrected chi connectivity index (χ3v) is 5.24. The van der Waals surface area contributed by atoms with Crippen LogP contribution in [0.3, 0.4) is 0 Å². The summed E-state index contributed by atoms with van der Waals surface area (Å²) in [5.41, 5.74) is 0.645. The fourth-order valence-corrected chi connectivity index (χ4v) is 3.86. The van der Waals surface area contributed by atoms with Gasteiger partial charge in [0.2, 0.25) is 0 Å². The first-order chi connectivity index (χ1) is 11.8. The third kappa shape index (κ3) is 3.28. The first kappa shape index (κ1) is 17.2. The number of sulfonamides is 1. The van der Waals surface area contributed by atoms with E-state index in [9.17, 15) is 13.2 Å². The SMILES string of the molecule is COc1ccc(NS(=O)(=O)c2cc3oc(=O)[nH]c3cc2Cl)cc1OC. The molecule has 0 aliphatic heterocycles. The van der Waals surface area contributed by atoms with Crippen molar-refractivity contribution in [3.05, 3.63) is 45.9 Å². The molecule has 25 heavy (non-hydrogen) atoms. The number of aromatic amines is 1. The molecule has 0 spiro atoms. The molecule has 0 fully saturated rings. The minimum absolute atomic E-state index is 0.0578. The molecule has 0 saturated carbocycles. The lowest BCUT2D eigenvalue weighted by Crippen LogP contribution is -2.13. The van der Waals surface area contributed by atoms with Crippen molar-refractivity contribution in [2.24, 2.45) is 0 Å². The monoisotopic (exact) mass is 384 g/mol. The number of anilines is 1. The topological polar surface area (TPSA) is 111 Å². The van der Waals surface area contributed by atoms with E-state index in [-0.39, 0.29) is 21.2 Å². The van der Waals surface area contributed by atoms with Crippen molar-refractivity contribution < 1.29 is 22.3 Å². The maximum absolute atomic E-state index is 12.6. The first-order valence-corrected chi connectivity index (χ1v) is 8.77. The van der Waals surface area contributed by atoms with Crippen LogP contribution in [0.1, 0.15) is 0 Å². The summed E-state index contributed by atoms with van der Waals surface area (Å²) in [5, 5.41) is -0.0578. The molecule has 3 aromatic rings. The van der Waals surface area contributed by atoms with Gasteiger partial charge in [0, 0.05) is 12.1 Å². The molecular weight excluding hydrogens is 372 g/mol. The average molecular weight is 385 g/mol. The van der Waals surface area contributed by atoms with Gasteiger partial charge < -0.3 is 13.9 Å². The van der Waals surface area contributed by atoms with Crippen LogP contribution < -0.4 is 20.0 Å². The van der Waals surface area contributed by atoms with Crippen molar-refractivity contribution in [3.8, 4) is 11.5 Å². The molecular formula is C15H13ClN2O6S. The van der Waals surface area contributed by atoms with Gasteiger partial charge >= 0.3 is 5.76 Å². The van der Waals surface area contributed by atoms with Crippen molar-refractivity contribution in [1.29, 1.82) is 0 Å². The normalized spacial score (nSPS) is 11.5. The molecule has 0 unspecified atom stereocenters. The largest absolute Gasteiger partial charge is 0.493 e. The Balaban J connectivity index is 2.02. The molecule has 0 bridgehead atoms. The highest BCUT2D eigenvalue weighted by atomic mass is 35.5. The van der Waals surface area contributed by atoms with Crippen LogP contribution in [0.25, 0.3) is 11.1 Å². The number of rotatable bonds is 5. The first-order valence-electron chi connectivity index (χ1n) is 6.91. The highest BCUT2D eigenvalue weighted by molar-refractivity contribution is 7.92. The van der Waals surface area contributed by atoms with E-state index in [4.69, 9.17) is 25.5 Å². The number of nitrogens with one attached hydrogen (secondary N) is 2. The lowest BCUT2D eigenvalue weighted by molar-refractivity contribution is 0.355. The van der Waals surface area contributed by atoms with E-state index in [1.807, 2.05) is 0 Å². The number of fused-ring (bicyclic) bond motifs is 1. The molecule has 1 heterocycles. The number of ether oxygens (including phenoxy) is 2. The molecule has 0 amide bonds. The molecule has 0 atom stereocenters. The van der Waals surface area contributed by atoms with Crippen LogP contribution in [0.4, 0.5) is 5.69 Å². The maximum atomic E-state index is 12.6. The van der Waals surface area contributed by atoms with E-state index in [0.29, 0.717) is 17.0 Å². The molecule has 1 aromatic heterocycles. The number of H-pyrrole nitrogens is 1. The summed E-state index contributed by atoms with van der Waals surface area (Å²) in [6, 6.07) is 7.04. The Labute approximate surface area is 147 Å². The molecule has 10 heteroatoms. The third-order valence-electron chi connectivity index (χ3n) is 3.40. The van der Waals surface area contributed by atoms with Gasteiger partial charge in [-0.25, -0.2) is 13.2 Å². The fourth-order valence-electron chi connectivity index (χ4n) is 2.27. The average Bonchev–Trinajstić information content (AvgIpc) is 2.92. The van der Waals surface area contributed by atoms with Gasteiger partial charge in [0.25, 0.3) is 10.0 Å². The van der Waals surface area contributed by atoms with E-state index in [2.05, 4.69) is 9.71 Å². The minimum atomic E-state index is -4.03. The summed E-state index contributed by atoms with van der Waals surface area (Å²) < 4.78 is 42.8. The molecule has 3 rings (SSSR count). The second-order valence-electron chi connectivity index (χ2n) is 4.97. The number of methoxy groups -OCH3 is 2. The van der Waals surface area contributed by atoms with Crippen LogP contribution in [0, 0.1) is 0 Å². The van der Waals surface area contributed by atoms with E-state index in [0.717, 1.165) is 0 Å². The zero-order valence-corrected chi connectivity index (χ0v) is 14.7. The van der Waals surface area contributed by atoms with E-state index < -0.39 is 15.8 Å². The Morgan fingerprint density at radius 1 is 1.12 bits per heavy atom. The van der Waals surface area contributed by atoms with E-state index in [1.54, 1.807) is 6.07 Å². The predicted octanol–water partition coefficient (Wildman–Crippen LogP) is 2.59. The molecule has 132 valence electrons. The van der Waals surface area contributed by atoms with Gasteiger partial charge in [-0.2, -0.15) is 0 Å². The minimum Gasteiger partial charge on any atom is -0.493 e. The number of aromatic nitrogens is 1. The Morgan fingerprint density at radius 3 is 2.52 bits per heavy atom. The Morgan fingerprint density at radius 2 is 1.84 bits per heavy atom. The lowest BCUT2D eigenvalue weighted by atomic mass is 10.3. The van der Waals surface area contributed by atoms with Gasteiger partial charge in [-0.3, -0.25) is 9.71 Å². The van der Waals surface area contributed by atoms with E-state index >= 15 is 0 Å². The second-order valence-corrected chi connectivity index (χ2v) is 7.03. The maximum Gasteiger partial charge on any atom is 0.417 e. The zero-order valence-electron chi connectivity index (χ0n) is 13.1. The summed E-state index contributed by atoms with van der Waals surface area (Å²) in [4.78, 5) is 13.4. The summed E-state index contributed by atoms with van der Waals surface area (Å²) >= 11 is 6.04. The smallest absolute Gasteiger partial charge is 0.417 e. The Bertz CT molecular complexity index is 1100. The number of hydrogen-bond acceptors (Lipinski definition) is 6. The number of oxazole rings is 1. The standard InChI is InChI=1S/C15H13ClN2O6S/c1-22-11-4-3-8(5-13(11)23-2)18-25(20,21)14-7-12-10(6-9(14)16)17-15(19)24-12/h3-7,18H,1-2H3,(H,17,19). The van der Waals surface area contributed by atoms with Crippen molar-refractivity contribution in [2.45, 2.75) is 4.90 Å². The van der Waals surface area contributed by atoms with Crippen LogP contribution in [-0.4, -0.2) is 27.6 Å². The molecule has 0 radical (unpaired) electrons. The number of benzene rings is 2. The van der Waals surface area contributed by atoms with Crippen molar-refractivity contribution in [2.75, 3.05) is 18.9 Å².